The summed E-state index contributed by atoms with van der Waals surface area (Å²) < 4.78 is 33.4. The van der Waals surface area contributed by atoms with Crippen molar-refractivity contribution in [3.63, 3.8) is 0 Å². The summed E-state index contributed by atoms with van der Waals surface area (Å²) in [5, 5.41) is 3.51. The molecule has 8 heteroatoms. The van der Waals surface area contributed by atoms with Crippen molar-refractivity contribution in [1.29, 1.82) is 0 Å². The van der Waals surface area contributed by atoms with Crippen LogP contribution in [0.25, 0.3) is 0 Å². The molecule has 0 saturated heterocycles. The Morgan fingerprint density at radius 2 is 1.73 bits per heavy atom. The van der Waals surface area contributed by atoms with Crippen LogP contribution in [0.3, 0.4) is 0 Å². The minimum Gasteiger partial charge on any atom is -0.495 e. The van der Waals surface area contributed by atoms with E-state index in [1.807, 2.05) is 37.3 Å². The number of halogens is 1. The Labute approximate surface area is 200 Å². The van der Waals surface area contributed by atoms with Gasteiger partial charge in [0.2, 0.25) is 5.91 Å². The van der Waals surface area contributed by atoms with Gasteiger partial charge in [0.1, 0.15) is 12.3 Å². The fourth-order valence-corrected chi connectivity index (χ4v) is 5.08. The van der Waals surface area contributed by atoms with E-state index in [9.17, 15) is 13.2 Å². The van der Waals surface area contributed by atoms with Crippen molar-refractivity contribution < 1.29 is 17.9 Å². The molecule has 0 heterocycles. The van der Waals surface area contributed by atoms with Gasteiger partial charge in [-0.3, -0.25) is 9.10 Å². The number of aryl methyl sites for hydroxylation is 2. The van der Waals surface area contributed by atoms with Gasteiger partial charge >= 0.3 is 0 Å². The van der Waals surface area contributed by atoms with Crippen LogP contribution in [0, 0.1) is 6.92 Å². The van der Waals surface area contributed by atoms with Gasteiger partial charge in [-0.1, -0.05) is 54.1 Å². The molecule has 0 aliphatic carbocycles. The SMILES string of the molecule is COc1ccc(C)cc1N(CC(=O)NCCCc1ccccc1Cl)S(=O)(=O)c1ccccc1. The number of carbonyl (C=O) groups excluding carboxylic acids is 1. The third kappa shape index (κ3) is 6.27. The zero-order valence-electron chi connectivity index (χ0n) is 18.6. The lowest BCUT2D eigenvalue weighted by Gasteiger charge is -2.26. The van der Waals surface area contributed by atoms with Crippen LogP contribution >= 0.6 is 11.6 Å². The lowest BCUT2D eigenvalue weighted by Crippen LogP contribution is -2.41. The molecule has 0 aliphatic rings. The average molecular weight is 487 g/mol. The van der Waals surface area contributed by atoms with Crippen molar-refractivity contribution in [3.8, 4) is 5.75 Å². The molecule has 1 N–H and O–H groups in total. The normalized spacial score (nSPS) is 11.1. The molecule has 0 aromatic heterocycles. The van der Waals surface area contributed by atoms with Gasteiger partial charge in [-0.15, -0.1) is 0 Å². The molecule has 0 spiro atoms. The number of amides is 1. The Balaban J connectivity index is 1.78. The standard InChI is InChI=1S/C25H27ClN2O4S/c1-19-14-15-24(32-2)23(17-19)28(33(30,31)21-11-4-3-5-12-21)18-25(29)27-16-8-10-20-9-6-7-13-22(20)26/h3-7,9,11-15,17H,8,10,16,18H2,1-2H3,(H,27,29). The minimum atomic E-state index is -4.00. The molecule has 0 fully saturated rings. The van der Waals surface area contributed by atoms with E-state index in [4.69, 9.17) is 16.3 Å². The number of benzene rings is 3. The molecule has 6 nitrogen and oxygen atoms in total. The number of carbonyl (C=O) groups is 1. The zero-order chi connectivity index (χ0) is 23.8. The molecule has 0 unspecified atom stereocenters. The van der Waals surface area contributed by atoms with Gasteiger partial charge < -0.3 is 10.1 Å². The molecule has 33 heavy (non-hydrogen) atoms. The predicted molar refractivity (Wildman–Crippen MR) is 131 cm³/mol. The topological polar surface area (TPSA) is 75.7 Å². The second-order valence-electron chi connectivity index (χ2n) is 7.54. The van der Waals surface area contributed by atoms with E-state index in [0.717, 1.165) is 15.4 Å². The predicted octanol–water partition coefficient (Wildman–Crippen LogP) is 4.60. The van der Waals surface area contributed by atoms with Gasteiger partial charge in [0.25, 0.3) is 10.0 Å². The Hall–Kier alpha value is -3.03. The van der Waals surface area contributed by atoms with Crippen molar-refractivity contribution >= 4 is 33.2 Å². The number of hydrogen-bond acceptors (Lipinski definition) is 4. The molecule has 3 aromatic rings. The third-order valence-electron chi connectivity index (χ3n) is 5.12. The number of anilines is 1. The van der Waals surface area contributed by atoms with Crippen LogP contribution in [-0.4, -0.2) is 34.5 Å². The summed E-state index contributed by atoms with van der Waals surface area (Å²) in [6.45, 7) is 1.88. The fourth-order valence-electron chi connectivity index (χ4n) is 3.41. The lowest BCUT2D eigenvalue weighted by atomic mass is 10.1. The first-order valence-corrected chi connectivity index (χ1v) is 12.4. The van der Waals surface area contributed by atoms with E-state index >= 15 is 0 Å². The van der Waals surface area contributed by atoms with E-state index in [-0.39, 0.29) is 11.4 Å². The summed E-state index contributed by atoms with van der Waals surface area (Å²) in [5.74, 6) is -0.0381. The van der Waals surface area contributed by atoms with Crippen LogP contribution < -0.4 is 14.4 Å². The molecule has 3 rings (SSSR count). The highest BCUT2D eigenvalue weighted by molar-refractivity contribution is 7.92. The van der Waals surface area contributed by atoms with Crippen molar-refractivity contribution in [3.05, 3.63) is 88.9 Å². The van der Waals surface area contributed by atoms with Gasteiger partial charge in [0.05, 0.1) is 17.7 Å². The van der Waals surface area contributed by atoms with Crippen LogP contribution in [0.4, 0.5) is 5.69 Å². The molecule has 174 valence electrons. The summed E-state index contributed by atoms with van der Waals surface area (Å²) in [6, 6.07) is 20.8. The number of rotatable bonds is 10. The van der Waals surface area contributed by atoms with E-state index in [1.165, 1.54) is 19.2 Å². The molecule has 0 aliphatic heterocycles. The monoisotopic (exact) mass is 486 g/mol. The molecule has 0 bridgehead atoms. The highest BCUT2D eigenvalue weighted by Crippen LogP contribution is 2.33. The fraction of sp³-hybridized carbons (Fsp3) is 0.240. The molecule has 3 aromatic carbocycles. The Morgan fingerprint density at radius 3 is 2.42 bits per heavy atom. The maximum atomic E-state index is 13.5. The summed E-state index contributed by atoms with van der Waals surface area (Å²) in [4.78, 5) is 12.9. The second kappa shape index (κ2) is 11.2. The van der Waals surface area contributed by atoms with Gasteiger partial charge in [0, 0.05) is 11.6 Å². The quantitative estimate of drug-likeness (QED) is 0.425. The van der Waals surface area contributed by atoms with E-state index < -0.39 is 15.9 Å². The van der Waals surface area contributed by atoms with Crippen LogP contribution in [0.2, 0.25) is 5.02 Å². The number of hydrogen-bond donors (Lipinski definition) is 1. The molecule has 0 saturated carbocycles. The maximum absolute atomic E-state index is 13.5. The molecule has 1 amide bonds. The van der Waals surface area contributed by atoms with Crippen molar-refractivity contribution in [2.24, 2.45) is 0 Å². The second-order valence-corrected chi connectivity index (χ2v) is 9.81. The first-order chi connectivity index (χ1) is 15.8. The van der Waals surface area contributed by atoms with Gasteiger partial charge in [-0.2, -0.15) is 0 Å². The average Bonchev–Trinajstić information content (AvgIpc) is 2.82. The van der Waals surface area contributed by atoms with Crippen molar-refractivity contribution in [2.45, 2.75) is 24.7 Å². The first kappa shape index (κ1) is 24.6. The van der Waals surface area contributed by atoms with Crippen LogP contribution in [0.15, 0.2) is 77.7 Å². The summed E-state index contributed by atoms with van der Waals surface area (Å²) in [7, 11) is -2.53. The lowest BCUT2D eigenvalue weighted by molar-refractivity contribution is -0.119. The summed E-state index contributed by atoms with van der Waals surface area (Å²) in [5.41, 5.74) is 2.16. The Bertz CT molecular complexity index is 1200. The van der Waals surface area contributed by atoms with Crippen molar-refractivity contribution in [1.82, 2.24) is 5.32 Å². The van der Waals surface area contributed by atoms with E-state index in [1.54, 1.807) is 30.3 Å². The highest BCUT2D eigenvalue weighted by atomic mass is 35.5. The summed E-state index contributed by atoms with van der Waals surface area (Å²) in [6.07, 6.45) is 1.38. The van der Waals surface area contributed by atoms with Crippen LogP contribution in [0.5, 0.6) is 5.75 Å². The van der Waals surface area contributed by atoms with Crippen LogP contribution in [-0.2, 0) is 21.2 Å². The number of methoxy groups -OCH3 is 1. The third-order valence-corrected chi connectivity index (χ3v) is 7.27. The Morgan fingerprint density at radius 1 is 1.03 bits per heavy atom. The maximum Gasteiger partial charge on any atom is 0.264 e. The highest BCUT2D eigenvalue weighted by Gasteiger charge is 2.29. The van der Waals surface area contributed by atoms with Gasteiger partial charge in [-0.05, 0) is 61.2 Å². The smallest absolute Gasteiger partial charge is 0.264 e. The molecule has 0 atom stereocenters. The van der Waals surface area contributed by atoms with Gasteiger partial charge in [0.15, 0.2) is 0 Å². The number of nitrogens with one attached hydrogen (secondary N) is 1. The number of nitrogens with zero attached hydrogens (tertiary/aromatic N) is 1. The van der Waals surface area contributed by atoms with Crippen LogP contribution in [0.1, 0.15) is 17.5 Å². The van der Waals surface area contributed by atoms with E-state index in [0.29, 0.717) is 35.8 Å². The zero-order valence-corrected chi connectivity index (χ0v) is 20.2. The molecule has 0 radical (unpaired) electrons. The van der Waals surface area contributed by atoms with Crippen molar-refractivity contribution in [2.75, 3.05) is 24.5 Å². The molecular formula is C25H27ClN2O4S. The molecular weight excluding hydrogens is 460 g/mol. The van der Waals surface area contributed by atoms with Gasteiger partial charge in [-0.25, -0.2) is 8.42 Å². The minimum absolute atomic E-state index is 0.0973. The number of ether oxygens (including phenoxy) is 1. The Kier molecular flexibility index (Phi) is 8.36. The first-order valence-electron chi connectivity index (χ1n) is 10.6. The summed E-state index contributed by atoms with van der Waals surface area (Å²) >= 11 is 6.18. The number of sulfonamides is 1. The largest absolute Gasteiger partial charge is 0.495 e. The van der Waals surface area contributed by atoms with E-state index in [2.05, 4.69) is 5.32 Å².